The SMILES string of the molecule is Cc1cc(-c2c(C)ccc3c2C2(CCCC2)c2ncccc2-3)[n+](C)cc1-c1ccc(F)cc1.Cc1ccc2c(c1-c1c3ccccc3cc[n+]1C)C(C)(C)c1ncccc1-2.Cc1ccc2c(c1-c1cc3ccccc3c[n+]1C)C(C)(C)c1ncccc1-2.Cc1ccc2c(c1-c1ccc3c(CC(C)C)cccc3[n+]1C)C(C)(C)c1ncccc1-2.Cc1ccc2c(c1-c1ccc3ccccc3[n+]1C)C(C)(C)c1ncccc1-2. The number of pyridine rings is 10. The molecular formula is C134H128FN10+5. The number of hydrogen-bond donors (Lipinski definition) is 0. The minimum atomic E-state index is -0.206. The van der Waals surface area contributed by atoms with Crippen molar-refractivity contribution in [1.29, 1.82) is 0 Å². The van der Waals surface area contributed by atoms with Gasteiger partial charge in [-0.2, -0.15) is 9.13 Å². The topological polar surface area (TPSA) is 83.9 Å². The Balaban J connectivity index is 0.000000104. The maximum atomic E-state index is 13.5. The van der Waals surface area contributed by atoms with Crippen LogP contribution in [0.2, 0.25) is 0 Å². The molecule has 0 saturated heterocycles. The van der Waals surface area contributed by atoms with Gasteiger partial charge in [0.05, 0.1) is 61.7 Å². The van der Waals surface area contributed by atoms with Gasteiger partial charge in [-0.25, -0.2) is 18.1 Å². The molecule has 26 rings (SSSR count). The van der Waals surface area contributed by atoms with Crippen LogP contribution in [0.1, 0.15) is 190 Å². The molecule has 20 aromatic rings. The molecule has 0 unspecified atom stereocenters. The van der Waals surface area contributed by atoms with Crippen molar-refractivity contribution in [3.63, 3.8) is 0 Å². The molecule has 0 aliphatic heterocycles. The third-order valence-corrected chi connectivity index (χ3v) is 32.8. The number of aromatic nitrogens is 10. The maximum absolute atomic E-state index is 13.5. The number of hydrogen-bond acceptors (Lipinski definition) is 5. The van der Waals surface area contributed by atoms with Gasteiger partial charge in [0.25, 0.3) is 0 Å². The number of halogens is 1. The fourth-order valence-electron chi connectivity index (χ4n) is 26.0. The van der Waals surface area contributed by atoms with E-state index in [4.69, 9.17) is 24.9 Å². The Kier molecular flexibility index (Phi) is 23.6. The van der Waals surface area contributed by atoms with Gasteiger partial charge in [-0.3, -0.25) is 24.9 Å². The first-order valence-electron chi connectivity index (χ1n) is 51.6. The van der Waals surface area contributed by atoms with Crippen molar-refractivity contribution in [2.45, 2.75) is 170 Å². The monoisotopic (exact) mass is 1900 g/mol. The third kappa shape index (κ3) is 15.4. The van der Waals surface area contributed by atoms with Crippen LogP contribution in [0, 0.1) is 53.3 Å². The van der Waals surface area contributed by atoms with E-state index in [1.54, 1.807) is 0 Å². The molecule has 10 aromatic heterocycles. The van der Waals surface area contributed by atoms with Crippen molar-refractivity contribution in [2.24, 2.45) is 41.2 Å². The summed E-state index contributed by atoms with van der Waals surface area (Å²) in [6.45, 7) is 36.3. The fraction of sp³-hybridized carbons (Fsp3) is 0.239. The van der Waals surface area contributed by atoms with Gasteiger partial charge >= 0.3 is 0 Å². The van der Waals surface area contributed by atoms with Crippen LogP contribution < -0.4 is 22.8 Å². The van der Waals surface area contributed by atoms with Crippen molar-refractivity contribution in [3.8, 4) is 123 Å². The molecule has 10 heterocycles. The summed E-state index contributed by atoms with van der Waals surface area (Å²) in [6.07, 6.45) is 22.1. The molecule has 0 bridgehead atoms. The van der Waals surface area contributed by atoms with Gasteiger partial charge in [0.2, 0.25) is 39.5 Å². The highest BCUT2D eigenvalue weighted by Crippen LogP contribution is 2.61. The zero-order valence-electron chi connectivity index (χ0n) is 87.6. The second-order valence-corrected chi connectivity index (χ2v) is 43.9. The van der Waals surface area contributed by atoms with E-state index in [1.807, 2.05) is 61.3 Å². The lowest BCUT2D eigenvalue weighted by Gasteiger charge is -2.28. The highest BCUT2D eigenvalue weighted by molar-refractivity contribution is 5.99. The molecule has 1 saturated carbocycles. The fourth-order valence-corrected chi connectivity index (χ4v) is 26.0. The van der Waals surface area contributed by atoms with Crippen molar-refractivity contribution in [2.75, 3.05) is 0 Å². The van der Waals surface area contributed by atoms with E-state index in [1.165, 1.54) is 275 Å². The average Bonchev–Trinajstić information content (AvgIpc) is 1.53. The van der Waals surface area contributed by atoms with Crippen LogP contribution in [0.3, 0.4) is 0 Å². The van der Waals surface area contributed by atoms with Crippen molar-refractivity contribution in [3.05, 3.63) is 430 Å². The molecule has 0 amide bonds. The second-order valence-electron chi connectivity index (χ2n) is 43.9. The number of nitrogens with zero attached hydrogens (tertiary/aromatic N) is 10. The Morgan fingerprint density at radius 3 is 1.19 bits per heavy atom. The summed E-state index contributed by atoms with van der Waals surface area (Å²) in [7, 11) is 10.8. The van der Waals surface area contributed by atoms with Crippen molar-refractivity contribution < 1.29 is 27.2 Å². The molecule has 10 aromatic carbocycles. The lowest BCUT2D eigenvalue weighted by molar-refractivity contribution is -0.660. The van der Waals surface area contributed by atoms with Crippen molar-refractivity contribution in [1.82, 2.24) is 24.9 Å². The normalized spacial score (nSPS) is 14.5. The van der Waals surface area contributed by atoms with Gasteiger partial charge in [-0.1, -0.05) is 246 Å². The van der Waals surface area contributed by atoms with Crippen molar-refractivity contribution >= 4 is 43.4 Å². The molecule has 716 valence electrons. The number of fused-ring (bicyclic) bond motifs is 21. The minimum Gasteiger partial charge on any atom is -0.260 e. The summed E-state index contributed by atoms with van der Waals surface area (Å²) < 4.78 is 25.0. The van der Waals surface area contributed by atoms with Crippen LogP contribution in [-0.2, 0) is 68.7 Å². The van der Waals surface area contributed by atoms with E-state index in [-0.39, 0.29) is 32.9 Å². The molecule has 6 aliphatic rings. The van der Waals surface area contributed by atoms with Crippen LogP contribution in [0.5, 0.6) is 0 Å². The van der Waals surface area contributed by atoms with Gasteiger partial charge in [0, 0.05) is 150 Å². The predicted molar refractivity (Wildman–Crippen MR) is 592 cm³/mol. The molecule has 0 radical (unpaired) electrons. The number of benzene rings is 10. The second kappa shape index (κ2) is 36.2. The van der Waals surface area contributed by atoms with Crippen LogP contribution in [0.15, 0.2) is 329 Å². The zero-order chi connectivity index (χ0) is 101. The Labute approximate surface area is 853 Å². The lowest BCUT2D eigenvalue weighted by Crippen LogP contribution is -2.33. The average molecular weight is 1900 g/mol. The summed E-state index contributed by atoms with van der Waals surface area (Å²) in [6, 6.07) is 99.3. The summed E-state index contributed by atoms with van der Waals surface area (Å²) in [5.41, 5.74) is 52.4. The Bertz CT molecular complexity index is 8600. The predicted octanol–water partition coefficient (Wildman–Crippen LogP) is 29.4. The summed E-state index contributed by atoms with van der Waals surface area (Å²) in [4.78, 5) is 24.0. The first-order chi connectivity index (χ1) is 69.8. The van der Waals surface area contributed by atoms with Gasteiger partial charge in [0.15, 0.2) is 18.6 Å². The molecule has 0 N–H and O–H groups in total. The number of para-hydroxylation sites is 1. The summed E-state index contributed by atoms with van der Waals surface area (Å²) in [5, 5.41) is 7.72. The Morgan fingerprint density at radius 2 is 0.690 bits per heavy atom. The van der Waals surface area contributed by atoms with E-state index in [2.05, 4.69) is 424 Å². The molecule has 11 heteroatoms. The van der Waals surface area contributed by atoms with Crippen LogP contribution >= 0.6 is 0 Å². The highest BCUT2D eigenvalue weighted by Gasteiger charge is 2.51. The maximum Gasteiger partial charge on any atom is 0.220 e. The molecule has 10 nitrogen and oxygen atoms in total. The van der Waals surface area contributed by atoms with Gasteiger partial charge < -0.3 is 0 Å². The van der Waals surface area contributed by atoms with Gasteiger partial charge in [-0.05, 0) is 250 Å². The number of rotatable bonds is 8. The molecule has 145 heavy (non-hydrogen) atoms. The molecule has 0 atom stereocenters. The highest BCUT2D eigenvalue weighted by atomic mass is 19.1. The van der Waals surface area contributed by atoms with E-state index < -0.39 is 0 Å². The van der Waals surface area contributed by atoms with Gasteiger partial charge in [0.1, 0.15) is 41.1 Å². The molecular weight excluding hydrogens is 1770 g/mol. The summed E-state index contributed by atoms with van der Waals surface area (Å²) >= 11 is 0. The molecule has 6 aliphatic carbocycles. The lowest BCUT2D eigenvalue weighted by atomic mass is 9.75. The molecule has 1 fully saturated rings. The first kappa shape index (κ1) is 94.6. The zero-order valence-corrected chi connectivity index (χ0v) is 87.6. The van der Waals surface area contributed by atoms with Crippen LogP contribution in [0.4, 0.5) is 4.39 Å². The molecule has 1 spiro atoms. The van der Waals surface area contributed by atoms with E-state index in [9.17, 15) is 4.39 Å². The standard InChI is InChI=1S/C30H28FN2.C29H31N2.3C25H23N2/c1-19-8-13-23-24-7-6-16-32-29(24)30(14-4-5-15-30)28(23)27(19)26-17-20(2)25(18-33(26)3)21-9-11-22(31)12-10-21;1-18(2)17-20-9-7-11-24-21(20)14-15-25(31(24)6)26-19(3)12-13-22-23-10-8-16-30-28(23)29(4,5)27(22)26;1-16-11-13-18-19-9-7-15-26-24(19)25(2,3)23(18)22(16)21-14-12-17-8-5-6-10-20(17)27(21)4;1-16-11-12-19-20-10-7-14-26-24(20)25(2,3)22(19)21(16)23-18-9-6-5-8-17(18)13-15-27(23)4;1-16-11-12-19-20-10-7-13-26-24(20)25(2,3)23(19)22(16)21-14-17-8-5-6-9-18(17)15-27(21)4/h6-13,16-18H,4-5,14-15H2,1-3H3;7-16,18H,17H2,1-6H3;3*5-15H,1-4H3/q5*+1. The number of aryl methyl sites for hydroxylation is 11. The first-order valence-corrected chi connectivity index (χ1v) is 51.6. The quantitative estimate of drug-likeness (QED) is 0.142. The van der Waals surface area contributed by atoms with Crippen LogP contribution in [0.25, 0.3) is 166 Å². The Hall–Kier alpha value is -15.3. The summed E-state index contributed by atoms with van der Waals surface area (Å²) in [5.74, 6) is 0.435. The van der Waals surface area contributed by atoms with E-state index in [0.717, 1.165) is 30.4 Å². The van der Waals surface area contributed by atoms with Crippen LogP contribution in [-0.4, -0.2) is 24.9 Å². The smallest absolute Gasteiger partial charge is 0.220 e. The Morgan fingerprint density at radius 1 is 0.297 bits per heavy atom. The third-order valence-electron chi connectivity index (χ3n) is 32.8. The largest absolute Gasteiger partial charge is 0.260 e. The van der Waals surface area contributed by atoms with E-state index in [0.29, 0.717) is 5.92 Å². The van der Waals surface area contributed by atoms with Gasteiger partial charge in [-0.15, -0.1) is 0 Å². The van der Waals surface area contributed by atoms with E-state index >= 15 is 0 Å². The minimum absolute atomic E-state index is 0.0177.